The molecule has 1 atom stereocenters. The van der Waals surface area contributed by atoms with Gasteiger partial charge in [0.15, 0.2) is 11.5 Å². The van der Waals surface area contributed by atoms with Crippen molar-refractivity contribution in [2.45, 2.75) is 45.8 Å². The molecule has 2 N–H and O–H groups in total. The van der Waals surface area contributed by atoms with Crippen LogP contribution in [0.5, 0.6) is 11.5 Å². The number of urea groups is 1. The number of nitrogens with one attached hydrogen (secondary N) is 2. The van der Waals surface area contributed by atoms with Crippen LogP contribution in [0, 0.1) is 0 Å². The Hall–Kier alpha value is -2.44. The lowest BCUT2D eigenvalue weighted by molar-refractivity contribution is -0.123. The largest absolute Gasteiger partial charge is 0.493 e. The van der Waals surface area contributed by atoms with Crippen LogP contribution in [0.1, 0.15) is 31.9 Å². The van der Waals surface area contributed by atoms with Gasteiger partial charge in [-0.25, -0.2) is 4.79 Å². The molecule has 0 saturated heterocycles. The highest BCUT2D eigenvalue weighted by atomic mass is 16.5. The Balaban J connectivity index is 2.04. The van der Waals surface area contributed by atoms with E-state index in [9.17, 15) is 9.59 Å². The summed E-state index contributed by atoms with van der Waals surface area (Å²) in [6.07, 6.45) is 0.732. The fraction of sp³-hybridized carbons (Fsp3) is 0.556. The van der Waals surface area contributed by atoms with E-state index in [1.807, 2.05) is 26.0 Å². The molecule has 7 nitrogen and oxygen atoms in total. The van der Waals surface area contributed by atoms with Crippen LogP contribution in [0.3, 0.4) is 0 Å². The Labute approximate surface area is 148 Å². The number of fused-ring (bicyclic) bond motifs is 1. The van der Waals surface area contributed by atoms with Crippen LogP contribution in [0.4, 0.5) is 4.79 Å². The SMILES string of the molecule is COc1cc2c(cc1OC)CN(C(=O)N[C@@H](C)C(=O)NC(C)C)CC2. The number of benzene rings is 1. The van der Waals surface area contributed by atoms with Crippen molar-refractivity contribution >= 4 is 11.9 Å². The molecular formula is C18H27N3O4. The van der Waals surface area contributed by atoms with Crippen molar-refractivity contribution in [3.05, 3.63) is 23.3 Å². The van der Waals surface area contributed by atoms with E-state index in [1.54, 1.807) is 26.0 Å². The first-order valence-electron chi connectivity index (χ1n) is 8.45. The maximum Gasteiger partial charge on any atom is 0.318 e. The van der Waals surface area contributed by atoms with E-state index in [2.05, 4.69) is 10.6 Å². The number of rotatable bonds is 5. The predicted molar refractivity (Wildman–Crippen MR) is 94.9 cm³/mol. The highest BCUT2D eigenvalue weighted by Gasteiger charge is 2.25. The second kappa shape index (κ2) is 8.09. The summed E-state index contributed by atoms with van der Waals surface area (Å²) in [5.74, 6) is 1.15. The third-order valence-corrected chi connectivity index (χ3v) is 4.17. The Kier molecular flexibility index (Phi) is 6.12. The second-order valence-electron chi connectivity index (χ2n) is 6.48. The van der Waals surface area contributed by atoms with E-state index >= 15 is 0 Å². The highest BCUT2D eigenvalue weighted by Crippen LogP contribution is 2.33. The van der Waals surface area contributed by atoms with Gasteiger partial charge in [0.2, 0.25) is 5.91 Å². The van der Waals surface area contributed by atoms with Gasteiger partial charge in [0.1, 0.15) is 6.04 Å². The van der Waals surface area contributed by atoms with E-state index in [-0.39, 0.29) is 18.0 Å². The molecule has 1 aromatic carbocycles. The van der Waals surface area contributed by atoms with E-state index in [4.69, 9.17) is 9.47 Å². The number of hydrogen-bond donors (Lipinski definition) is 2. The van der Waals surface area contributed by atoms with Gasteiger partial charge in [0.05, 0.1) is 14.2 Å². The summed E-state index contributed by atoms with van der Waals surface area (Å²) < 4.78 is 10.7. The van der Waals surface area contributed by atoms with Gasteiger partial charge in [-0.15, -0.1) is 0 Å². The van der Waals surface area contributed by atoms with E-state index in [1.165, 1.54) is 0 Å². The van der Waals surface area contributed by atoms with Gasteiger partial charge in [0, 0.05) is 19.1 Å². The van der Waals surface area contributed by atoms with Gasteiger partial charge in [-0.1, -0.05) is 0 Å². The number of ether oxygens (including phenoxy) is 2. The highest BCUT2D eigenvalue weighted by molar-refractivity contribution is 5.86. The molecule has 1 aliphatic heterocycles. The molecule has 0 radical (unpaired) electrons. The molecule has 25 heavy (non-hydrogen) atoms. The van der Waals surface area contributed by atoms with Gasteiger partial charge in [-0.2, -0.15) is 0 Å². The Bertz CT molecular complexity index is 645. The molecule has 1 heterocycles. The van der Waals surface area contributed by atoms with Crippen LogP contribution in [0.2, 0.25) is 0 Å². The summed E-state index contributed by atoms with van der Waals surface area (Å²) in [6, 6.07) is 3.08. The minimum atomic E-state index is -0.582. The van der Waals surface area contributed by atoms with E-state index in [0.717, 1.165) is 17.5 Å². The van der Waals surface area contributed by atoms with Crippen LogP contribution in [-0.4, -0.2) is 49.7 Å². The van der Waals surface area contributed by atoms with Crippen molar-refractivity contribution in [1.29, 1.82) is 0 Å². The average molecular weight is 349 g/mol. The topological polar surface area (TPSA) is 79.9 Å². The van der Waals surface area contributed by atoms with Crippen LogP contribution in [-0.2, 0) is 17.8 Å². The summed E-state index contributed by atoms with van der Waals surface area (Å²) in [4.78, 5) is 26.1. The van der Waals surface area contributed by atoms with Gasteiger partial charge >= 0.3 is 6.03 Å². The Morgan fingerprint density at radius 3 is 2.20 bits per heavy atom. The number of nitrogens with zero attached hydrogens (tertiary/aromatic N) is 1. The zero-order chi connectivity index (χ0) is 18.6. The molecule has 7 heteroatoms. The van der Waals surface area contributed by atoms with Crippen LogP contribution in [0.25, 0.3) is 0 Å². The number of amides is 3. The van der Waals surface area contributed by atoms with Crippen LogP contribution >= 0.6 is 0 Å². The molecule has 0 saturated carbocycles. The van der Waals surface area contributed by atoms with Crippen LogP contribution in [0.15, 0.2) is 12.1 Å². The fourth-order valence-electron chi connectivity index (χ4n) is 2.81. The molecule has 1 aliphatic rings. The Morgan fingerprint density at radius 1 is 1.04 bits per heavy atom. The molecule has 0 unspecified atom stereocenters. The monoisotopic (exact) mass is 349 g/mol. The van der Waals surface area contributed by atoms with Gasteiger partial charge in [-0.05, 0) is 50.5 Å². The van der Waals surface area contributed by atoms with E-state index in [0.29, 0.717) is 24.6 Å². The lowest BCUT2D eigenvalue weighted by Crippen LogP contribution is -2.51. The molecule has 2 rings (SSSR count). The maximum atomic E-state index is 12.5. The average Bonchev–Trinajstić information content (AvgIpc) is 2.59. The predicted octanol–water partition coefficient (Wildman–Crippen LogP) is 1.68. The summed E-state index contributed by atoms with van der Waals surface area (Å²) >= 11 is 0. The lowest BCUT2D eigenvalue weighted by Gasteiger charge is -2.30. The molecule has 0 aliphatic carbocycles. The molecule has 0 aromatic heterocycles. The smallest absolute Gasteiger partial charge is 0.318 e. The van der Waals surface area contributed by atoms with Crippen LogP contribution < -0.4 is 20.1 Å². The van der Waals surface area contributed by atoms with Gasteiger partial charge < -0.3 is 25.0 Å². The molecular weight excluding hydrogens is 322 g/mol. The zero-order valence-corrected chi connectivity index (χ0v) is 15.5. The molecule has 138 valence electrons. The quantitative estimate of drug-likeness (QED) is 0.848. The maximum absolute atomic E-state index is 12.5. The van der Waals surface area contributed by atoms with Crippen molar-refractivity contribution in [2.24, 2.45) is 0 Å². The van der Waals surface area contributed by atoms with Crippen molar-refractivity contribution in [3.8, 4) is 11.5 Å². The standard InChI is InChI=1S/C18H27N3O4/c1-11(2)19-17(22)12(3)20-18(23)21-7-6-13-8-15(24-4)16(25-5)9-14(13)10-21/h8-9,11-12H,6-7,10H2,1-5H3,(H,19,22)(H,20,23)/t12-/m0/s1. The van der Waals surface area contributed by atoms with E-state index < -0.39 is 6.04 Å². The zero-order valence-electron chi connectivity index (χ0n) is 15.5. The summed E-state index contributed by atoms with van der Waals surface area (Å²) in [6.45, 7) is 6.51. The number of carbonyl (C=O) groups excluding carboxylic acids is 2. The number of hydrogen-bond acceptors (Lipinski definition) is 4. The molecule has 1 aromatic rings. The number of carbonyl (C=O) groups is 2. The first-order chi connectivity index (χ1) is 11.8. The second-order valence-corrected chi connectivity index (χ2v) is 6.48. The molecule has 0 bridgehead atoms. The normalized spacial score (nSPS) is 14.6. The molecule has 0 spiro atoms. The van der Waals surface area contributed by atoms with Gasteiger partial charge in [-0.3, -0.25) is 4.79 Å². The summed E-state index contributed by atoms with van der Waals surface area (Å²) in [5.41, 5.74) is 2.17. The van der Waals surface area contributed by atoms with Crippen molar-refractivity contribution < 1.29 is 19.1 Å². The number of methoxy groups -OCH3 is 2. The third-order valence-electron chi connectivity index (χ3n) is 4.17. The first kappa shape index (κ1) is 18.9. The summed E-state index contributed by atoms with van der Waals surface area (Å²) in [7, 11) is 3.20. The molecule has 0 fully saturated rings. The first-order valence-corrected chi connectivity index (χ1v) is 8.45. The minimum absolute atomic E-state index is 0.0381. The van der Waals surface area contributed by atoms with Crippen molar-refractivity contribution in [3.63, 3.8) is 0 Å². The fourth-order valence-corrected chi connectivity index (χ4v) is 2.81. The molecule has 3 amide bonds. The van der Waals surface area contributed by atoms with Crippen molar-refractivity contribution in [1.82, 2.24) is 15.5 Å². The lowest BCUT2D eigenvalue weighted by atomic mass is 9.99. The summed E-state index contributed by atoms with van der Waals surface area (Å²) in [5, 5.41) is 5.55. The Morgan fingerprint density at radius 2 is 1.64 bits per heavy atom. The third kappa shape index (κ3) is 4.55. The minimum Gasteiger partial charge on any atom is -0.493 e. The van der Waals surface area contributed by atoms with Crippen molar-refractivity contribution in [2.75, 3.05) is 20.8 Å². The van der Waals surface area contributed by atoms with Gasteiger partial charge in [0.25, 0.3) is 0 Å².